The van der Waals surface area contributed by atoms with Crippen LogP contribution in [0, 0.1) is 5.92 Å². The van der Waals surface area contributed by atoms with Gasteiger partial charge in [0.2, 0.25) is 0 Å². The molecule has 12 heavy (non-hydrogen) atoms. The van der Waals surface area contributed by atoms with Crippen LogP contribution in [0.4, 0.5) is 4.79 Å². The molecule has 0 aromatic carbocycles. The third-order valence-corrected chi connectivity index (χ3v) is 2.26. The Balaban J connectivity index is 2.59. The molecule has 1 aliphatic heterocycles. The zero-order valence-corrected chi connectivity index (χ0v) is 6.81. The summed E-state index contributed by atoms with van der Waals surface area (Å²) in [6, 6.07) is 0. The molecule has 2 atom stereocenters. The van der Waals surface area contributed by atoms with E-state index in [4.69, 9.17) is 10.8 Å². The lowest BCUT2D eigenvalue weighted by Gasteiger charge is -2.35. The zero-order valence-electron chi connectivity index (χ0n) is 6.81. The Morgan fingerprint density at radius 2 is 2.33 bits per heavy atom. The second kappa shape index (κ2) is 3.73. The number of carbonyl (C=O) groups is 1. The molecule has 2 unspecified atom stereocenters. The number of amides is 1. The number of aliphatic hydroxyl groups excluding tert-OH is 1. The number of aliphatic hydroxyl groups is 1. The zero-order chi connectivity index (χ0) is 9.14. The maximum absolute atomic E-state index is 10.6. The van der Waals surface area contributed by atoms with E-state index in [-0.39, 0.29) is 5.92 Å². The maximum Gasteiger partial charge on any atom is 0.409 e. The quantitative estimate of drug-likeness (QED) is 0.507. The van der Waals surface area contributed by atoms with Crippen molar-refractivity contribution in [2.24, 2.45) is 11.7 Å². The number of nitrogens with two attached hydrogens (primary N) is 1. The van der Waals surface area contributed by atoms with Gasteiger partial charge in [0.25, 0.3) is 0 Å². The summed E-state index contributed by atoms with van der Waals surface area (Å²) in [4.78, 5) is 11.6. The van der Waals surface area contributed by atoms with Crippen molar-refractivity contribution in [3.63, 3.8) is 0 Å². The summed E-state index contributed by atoms with van der Waals surface area (Å²) in [5.74, 6) is -0.102. The summed E-state index contributed by atoms with van der Waals surface area (Å²) in [6.45, 7) is 0.748. The van der Waals surface area contributed by atoms with Gasteiger partial charge in [0.15, 0.2) is 0 Å². The minimum atomic E-state index is -1.07. The Hall–Kier alpha value is -0.810. The molecule has 70 valence electrons. The van der Waals surface area contributed by atoms with Crippen LogP contribution in [0.3, 0.4) is 0 Å². The van der Waals surface area contributed by atoms with Gasteiger partial charge < -0.3 is 15.9 Å². The molecule has 1 rings (SSSR count). The van der Waals surface area contributed by atoms with Gasteiger partial charge in [0.05, 0.1) is 0 Å². The Kier molecular flexibility index (Phi) is 2.88. The smallest absolute Gasteiger partial charge is 0.409 e. The van der Waals surface area contributed by atoms with Crippen LogP contribution >= 0.6 is 0 Å². The molecule has 5 heteroatoms. The molecule has 1 saturated heterocycles. The summed E-state index contributed by atoms with van der Waals surface area (Å²) in [6.07, 6.45) is -0.394. The molecular weight excluding hydrogens is 160 g/mol. The van der Waals surface area contributed by atoms with E-state index in [1.54, 1.807) is 0 Å². The lowest BCUT2D eigenvalue weighted by Crippen LogP contribution is -2.49. The van der Waals surface area contributed by atoms with Gasteiger partial charge in [-0.1, -0.05) is 0 Å². The normalized spacial score (nSPS) is 30.3. The molecule has 0 aromatic rings. The van der Waals surface area contributed by atoms with Crippen molar-refractivity contribution < 1.29 is 15.0 Å². The van der Waals surface area contributed by atoms with Gasteiger partial charge >= 0.3 is 6.09 Å². The molecule has 0 saturated carbocycles. The van der Waals surface area contributed by atoms with Crippen LogP contribution in [0.25, 0.3) is 0 Å². The van der Waals surface area contributed by atoms with Crippen molar-refractivity contribution in [1.29, 1.82) is 0 Å². The number of carboxylic acid groups (broad SMARTS) is 1. The summed E-state index contributed by atoms with van der Waals surface area (Å²) >= 11 is 0. The maximum atomic E-state index is 10.6. The van der Waals surface area contributed by atoms with Gasteiger partial charge in [0, 0.05) is 12.5 Å². The molecule has 0 spiro atoms. The van der Waals surface area contributed by atoms with Gasteiger partial charge in [-0.15, -0.1) is 0 Å². The fourth-order valence-corrected chi connectivity index (χ4v) is 1.51. The van der Waals surface area contributed by atoms with E-state index < -0.39 is 12.3 Å². The van der Waals surface area contributed by atoms with Crippen LogP contribution in [0.15, 0.2) is 0 Å². The van der Waals surface area contributed by atoms with Crippen molar-refractivity contribution in [3.8, 4) is 0 Å². The highest BCUT2D eigenvalue weighted by atomic mass is 16.4. The third kappa shape index (κ3) is 1.67. The topological polar surface area (TPSA) is 86.8 Å². The largest absolute Gasteiger partial charge is 0.465 e. The fourth-order valence-electron chi connectivity index (χ4n) is 1.51. The first-order valence-electron chi connectivity index (χ1n) is 4.04. The SMILES string of the molecule is NCC1CCCN(C(=O)O)C1O. The van der Waals surface area contributed by atoms with E-state index in [1.165, 1.54) is 0 Å². The molecule has 0 aliphatic carbocycles. The number of hydrogen-bond donors (Lipinski definition) is 3. The van der Waals surface area contributed by atoms with Crippen LogP contribution < -0.4 is 5.73 Å². The molecule has 5 nitrogen and oxygen atoms in total. The summed E-state index contributed by atoms with van der Waals surface area (Å²) < 4.78 is 0. The average molecular weight is 174 g/mol. The first-order chi connectivity index (χ1) is 5.66. The van der Waals surface area contributed by atoms with E-state index in [0.29, 0.717) is 13.1 Å². The third-order valence-electron chi connectivity index (χ3n) is 2.26. The van der Waals surface area contributed by atoms with E-state index in [0.717, 1.165) is 17.7 Å². The Morgan fingerprint density at radius 3 is 2.83 bits per heavy atom. The van der Waals surface area contributed by atoms with Crippen molar-refractivity contribution in [1.82, 2.24) is 4.90 Å². The van der Waals surface area contributed by atoms with E-state index >= 15 is 0 Å². The fraction of sp³-hybridized carbons (Fsp3) is 0.857. The van der Waals surface area contributed by atoms with Crippen LogP contribution in [-0.2, 0) is 0 Å². The first kappa shape index (κ1) is 9.28. The molecule has 0 bridgehead atoms. The highest BCUT2D eigenvalue weighted by Crippen LogP contribution is 2.20. The van der Waals surface area contributed by atoms with Crippen LogP contribution in [0.1, 0.15) is 12.8 Å². The molecule has 1 aliphatic rings. The van der Waals surface area contributed by atoms with E-state index in [2.05, 4.69) is 0 Å². The van der Waals surface area contributed by atoms with Gasteiger partial charge in [-0.05, 0) is 19.4 Å². The van der Waals surface area contributed by atoms with Gasteiger partial charge in [-0.2, -0.15) is 0 Å². The van der Waals surface area contributed by atoms with Gasteiger partial charge in [-0.25, -0.2) is 4.79 Å². The molecule has 1 amide bonds. The number of rotatable bonds is 1. The van der Waals surface area contributed by atoms with Crippen molar-refractivity contribution in [2.45, 2.75) is 19.1 Å². The predicted molar refractivity (Wildman–Crippen MR) is 42.5 cm³/mol. The second-order valence-corrected chi connectivity index (χ2v) is 3.03. The van der Waals surface area contributed by atoms with Crippen molar-refractivity contribution in [2.75, 3.05) is 13.1 Å². The summed E-state index contributed by atoms with van der Waals surface area (Å²) in [7, 11) is 0. The minimum Gasteiger partial charge on any atom is -0.465 e. The lowest BCUT2D eigenvalue weighted by molar-refractivity contribution is -0.0479. The van der Waals surface area contributed by atoms with E-state index in [1.807, 2.05) is 0 Å². The predicted octanol–water partition coefficient (Wildman–Crippen LogP) is -0.346. The Bertz CT molecular complexity index is 174. The minimum absolute atomic E-state index is 0.102. The number of likely N-dealkylation sites (tertiary alicyclic amines) is 1. The summed E-state index contributed by atoms with van der Waals surface area (Å²) in [5, 5.41) is 18.1. The molecule has 0 aromatic heterocycles. The molecule has 1 heterocycles. The molecule has 4 N–H and O–H groups in total. The lowest BCUT2D eigenvalue weighted by atomic mass is 9.96. The Morgan fingerprint density at radius 1 is 1.67 bits per heavy atom. The standard InChI is InChI=1S/C7H14N2O3/c8-4-5-2-1-3-9(6(5)10)7(11)12/h5-6,10H,1-4,8H2,(H,11,12). The Labute approximate surface area is 70.8 Å². The molecule has 1 fully saturated rings. The number of piperidine rings is 1. The molecular formula is C7H14N2O3. The summed E-state index contributed by atoms with van der Waals surface area (Å²) in [5.41, 5.74) is 5.38. The number of hydrogen-bond acceptors (Lipinski definition) is 3. The van der Waals surface area contributed by atoms with Gasteiger partial charge in [0.1, 0.15) is 6.23 Å². The van der Waals surface area contributed by atoms with Crippen LogP contribution in [-0.4, -0.2) is 40.5 Å². The van der Waals surface area contributed by atoms with Crippen molar-refractivity contribution >= 4 is 6.09 Å². The number of nitrogens with zero attached hydrogens (tertiary/aromatic N) is 1. The van der Waals surface area contributed by atoms with Crippen molar-refractivity contribution in [3.05, 3.63) is 0 Å². The second-order valence-electron chi connectivity index (χ2n) is 3.03. The molecule has 0 radical (unpaired) electrons. The van der Waals surface area contributed by atoms with Crippen LogP contribution in [0.5, 0.6) is 0 Å². The van der Waals surface area contributed by atoms with Gasteiger partial charge in [-0.3, -0.25) is 4.90 Å². The average Bonchev–Trinajstić information content (AvgIpc) is 2.04. The highest BCUT2D eigenvalue weighted by molar-refractivity contribution is 5.65. The monoisotopic (exact) mass is 174 g/mol. The van der Waals surface area contributed by atoms with E-state index in [9.17, 15) is 9.90 Å². The first-order valence-corrected chi connectivity index (χ1v) is 4.04. The highest BCUT2D eigenvalue weighted by Gasteiger charge is 2.31. The van der Waals surface area contributed by atoms with Crippen LogP contribution in [0.2, 0.25) is 0 Å².